The van der Waals surface area contributed by atoms with Crippen molar-refractivity contribution in [1.82, 2.24) is 0 Å². The van der Waals surface area contributed by atoms with Crippen LogP contribution in [0, 0.1) is 5.21 Å². The zero-order chi connectivity index (χ0) is 5.33. The van der Waals surface area contributed by atoms with Crippen LogP contribution in [-0.4, -0.2) is 32.0 Å². The van der Waals surface area contributed by atoms with E-state index >= 15 is 0 Å². The SMILES string of the molecule is C[N+]1([O-])CBCC1. The summed E-state index contributed by atoms with van der Waals surface area (Å²) in [5, 5.41) is 10.8. The highest BCUT2D eigenvalue weighted by Gasteiger charge is 2.17. The Morgan fingerprint density at radius 3 is 2.57 bits per heavy atom. The van der Waals surface area contributed by atoms with Crippen molar-refractivity contribution < 1.29 is 4.65 Å². The summed E-state index contributed by atoms with van der Waals surface area (Å²) >= 11 is 0. The van der Waals surface area contributed by atoms with Crippen molar-refractivity contribution in [3.63, 3.8) is 0 Å². The quantitative estimate of drug-likeness (QED) is 0.233. The fraction of sp³-hybridized carbons (Fsp3) is 1.00. The summed E-state index contributed by atoms with van der Waals surface area (Å²) in [4.78, 5) is 0. The molecule has 7 heavy (non-hydrogen) atoms. The van der Waals surface area contributed by atoms with Crippen LogP contribution >= 0.6 is 0 Å². The third kappa shape index (κ3) is 1.18. The molecule has 0 N–H and O–H groups in total. The molecule has 0 amide bonds. The highest BCUT2D eigenvalue weighted by molar-refractivity contribution is 6.35. The molecule has 1 aliphatic heterocycles. The molecule has 0 aliphatic carbocycles. The van der Waals surface area contributed by atoms with Gasteiger partial charge in [-0.2, -0.15) is 0 Å². The Balaban J connectivity index is 2.40. The lowest BCUT2D eigenvalue weighted by atomic mass is 9.79. The molecule has 0 aromatic heterocycles. The molecule has 0 aromatic carbocycles. The molecule has 0 aromatic rings. The second-order valence-electron chi connectivity index (χ2n) is 2.45. The topological polar surface area (TPSA) is 23.1 Å². The van der Waals surface area contributed by atoms with Gasteiger partial charge >= 0.3 is 0 Å². The maximum Gasteiger partial charge on any atom is 0.197 e. The molecule has 1 fully saturated rings. The zero-order valence-corrected chi connectivity index (χ0v) is 4.68. The molecule has 40 valence electrons. The van der Waals surface area contributed by atoms with E-state index in [4.69, 9.17) is 0 Å². The number of rotatable bonds is 0. The van der Waals surface area contributed by atoms with Gasteiger partial charge in [0.1, 0.15) is 0 Å². The van der Waals surface area contributed by atoms with Crippen LogP contribution in [0.4, 0.5) is 0 Å². The molecule has 2 nitrogen and oxygen atoms in total. The van der Waals surface area contributed by atoms with Crippen LogP contribution in [0.5, 0.6) is 0 Å². The Morgan fingerprint density at radius 1 is 1.71 bits per heavy atom. The monoisotopic (exact) mass is 99.1 g/mol. The third-order valence-corrected chi connectivity index (χ3v) is 1.51. The highest BCUT2D eigenvalue weighted by Crippen LogP contribution is 2.06. The van der Waals surface area contributed by atoms with Crippen LogP contribution < -0.4 is 0 Å². The number of quaternary nitrogens is 1. The molecule has 1 rings (SSSR count). The van der Waals surface area contributed by atoms with Crippen LogP contribution in [0.2, 0.25) is 6.32 Å². The number of hydrogen-bond donors (Lipinski definition) is 0. The predicted octanol–water partition coefficient (Wildman–Crippen LogP) is -0.243. The van der Waals surface area contributed by atoms with Crippen LogP contribution in [0.25, 0.3) is 0 Å². The Hall–Kier alpha value is -0.0151. The highest BCUT2D eigenvalue weighted by atomic mass is 16.5. The molecule has 0 radical (unpaired) electrons. The van der Waals surface area contributed by atoms with Gasteiger partial charge < -0.3 is 9.85 Å². The first kappa shape index (κ1) is 5.13. The zero-order valence-electron chi connectivity index (χ0n) is 4.68. The molecule has 1 heterocycles. The Morgan fingerprint density at radius 2 is 2.43 bits per heavy atom. The maximum atomic E-state index is 10.8. The van der Waals surface area contributed by atoms with Crippen LogP contribution in [0.15, 0.2) is 0 Å². The van der Waals surface area contributed by atoms with E-state index in [9.17, 15) is 5.21 Å². The molecule has 0 bridgehead atoms. The molecule has 0 saturated carbocycles. The van der Waals surface area contributed by atoms with Gasteiger partial charge in [0.15, 0.2) is 7.28 Å². The third-order valence-electron chi connectivity index (χ3n) is 1.51. The van der Waals surface area contributed by atoms with Gasteiger partial charge in [-0.25, -0.2) is 0 Å². The van der Waals surface area contributed by atoms with Crippen molar-refractivity contribution in [2.24, 2.45) is 0 Å². The van der Waals surface area contributed by atoms with Crippen LogP contribution in [0.3, 0.4) is 0 Å². The summed E-state index contributed by atoms with van der Waals surface area (Å²) < 4.78 is 0. The normalized spacial score (nSPS) is 40.9. The minimum Gasteiger partial charge on any atom is -0.634 e. The van der Waals surface area contributed by atoms with Gasteiger partial charge in [0, 0.05) is 6.44 Å². The average molecular weight is 98.9 g/mol. The second kappa shape index (κ2) is 1.49. The second-order valence-corrected chi connectivity index (χ2v) is 2.45. The summed E-state index contributed by atoms with van der Waals surface area (Å²) in [5.41, 5.74) is 0. The maximum absolute atomic E-state index is 10.8. The summed E-state index contributed by atoms with van der Waals surface area (Å²) in [6.07, 6.45) is 1.96. The lowest BCUT2D eigenvalue weighted by Gasteiger charge is -2.33. The van der Waals surface area contributed by atoms with Crippen molar-refractivity contribution in [1.29, 1.82) is 0 Å². The van der Waals surface area contributed by atoms with E-state index in [1.807, 2.05) is 0 Å². The van der Waals surface area contributed by atoms with Gasteiger partial charge in [0.2, 0.25) is 0 Å². The van der Waals surface area contributed by atoms with Gasteiger partial charge in [0.05, 0.1) is 13.6 Å². The smallest absolute Gasteiger partial charge is 0.197 e. The van der Waals surface area contributed by atoms with Crippen molar-refractivity contribution >= 4 is 7.28 Å². The van der Waals surface area contributed by atoms with E-state index in [1.54, 1.807) is 7.05 Å². The number of hydroxylamine groups is 3. The van der Waals surface area contributed by atoms with E-state index < -0.39 is 0 Å². The summed E-state index contributed by atoms with van der Waals surface area (Å²) in [6, 6.07) is 0. The molecule has 3 heteroatoms. The first-order chi connectivity index (χ1) is 3.21. The van der Waals surface area contributed by atoms with E-state index in [1.165, 1.54) is 0 Å². The molecule has 1 saturated heterocycles. The molecule has 1 aliphatic rings. The number of hydrogen-bond acceptors (Lipinski definition) is 1. The molecule has 1 atom stereocenters. The first-order valence-corrected chi connectivity index (χ1v) is 2.76. The van der Waals surface area contributed by atoms with Crippen molar-refractivity contribution in [2.45, 2.75) is 6.32 Å². The summed E-state index contributed by atoms with van der Waals surface area (Å²) in [5.74, 6) is 0. The van der Waals surface area contributed by atoms with E-state index in [0.29, 0.717) is 0 Å². The van der Waals surface area contributed by atoms with Crippen molar-refractivity contribution in [2.75, 3.05) is 20.0 Å². The molecule has 1 unspecified atom stereocenters. The van der Waals surface area contributed by atoms with E-state index in [-0.39, 0.29) is 4.65 Å². The molecular weight excluding hydrogens is 88.9 g/mol. The lowest BCUT2D eigenvalue weighted by molar-refractivity contribution is -0.841. The van der Waals surface area contributed by atoms with Crippen LogP contribution in [0.1, 0.15) is 0 Å². The van der Waals surface area contributed by atoms with E-state index in [0.717, 1.165) is 26.6 Å². The van der Waals surface area contributed by atoms with Gasteiger partial charge in [-0.1, -0.05) is 0 Å². The fourth-order valence-corrected chi connectivity index (χ4v) is 1.00. The Bertz CT molecular complexity index is 66.1. The van der Waals surface area contributed by atoms with Gasteiger partial charge in [0.25, 0.3) is 0 Å². The van der Waals surface area contributed by atoms with E-state index in [2.05, 4.69) is 0 Å². The fourth-order valence-electron chi connectivity index (χ4n) is 1.00. The van der Waals surface area contributed by atoms with Gasteiger partial charge in [-0.15, -0.1) is 0 Å². The lowest BCUT2D eigenvalue weighted by Crippen LogP contribution is -2.33. The van der Waals surface area contributed by atoms with Crippen molar-refractivity contribution in [3.8, 4) is 0 Å². The summed E-state index contributed by atoms with van der Waals surface area (Å²) in [6.45, 7) is 0.833. The molecule has 0 spiro atoms. The average Bonchev–Trinajstić information content (AvgIpc) is 1.84. The summed E-state index contributed by atoms with van der Waals surface area (Å²) in [7, 11) is 2.87. The van der Waals surface area contributed by atoms with Gasteiger partial charge in [-0.3, -0.25) is 0 Å². The van der Waals surface area contributed by atoms with Crippen LogP contribution in [-0.2, 0) is 0 Å². The minimum atomic E-state index is 0. The predicted molar refractivity (Wildman–Crippen MR) is 31.2 cm³/mol. The molecular formula is C4H10BNO. The standard InChI is InChI=1S/C4H10BNO/c1-6(7)3-2-5-4-6/h5H,2-4H2,1H3. The van der Waals surface area contributed by atoms with Gasteiger partial charge in [-0.05, 0) is 6.32 Å². The minimum absolute atomic E-state index is 0. The Labute approximate surface area is 44.5 Å². The first-order valence-electron chi connectivity index (χ1n) is 2.76. The largest absolute Gasteiger partial charge is 0.634 e. The van der Waals surface area contributed by atoms with Crippen molar-refractivity contribution in [3.05, 3.63) is 5.21 Å². The Kier molecular flexibility index (Phi) is 1.09. The number of nitrogens with zero attached hydrogens (tertiary/aromatic N) is 1.